The molecule has 0 N–H and O–H groups in total. The quantitative estimate of drug-likeness (QED) is 0.594. The monoisotopic (exact) mass is 314 g/mol. The second-order valence-electron chi connectivity index (χ2n) is 3.98. The molecule has 0 aliphatic rings. The van der Waals surface area contributed by atoms with Crippen molar-refractivity contribution in [1.29, 1.82) is 0 Å². The summed E-state index contributed by atoms with van der Waals surface area (Å²) in [6.07, 6.45) is 0.208. The first-order chi connectivity index (χ1) is 7.75. The van der Waals surface area contributed by atoms with E-state index in [4.69, 9.17) is 4.74 Å². The summed E-state index contributed by atoms with van der Waals surface area (Å²) in [6, 6.07) is 19.1. The van der Waals surface area contributed by atoms with E-state index in [2.05, 4.69) is 30.3 Å². The fraction of sp³-hybridized carbons (Fsp3) is 0.200. The van der Waals surface area contributed by atoms with Crippen LogP contribution in [0, 0.1) is 6.07 Å². The molecule has 2 aromatic rings. The van der Waals surface area contributed by atoms with Gasteiger partial charge in [0.25, 0.3) is 0 Å². The minimum Gasteiger partial charge on any atom is -1.00 e. The van der Waals surface area contributed by atoms with Crippen molar-refractivity contribution >= 4 is 23.1 Å². The fourth-order valence-corrected chi connectivity index (χ4v) is 1.60. The molecule has 0 aliphatic heterocycles. The smallest absolute Gasteiger partial charge is 1.00 e. The molecule has 0 heterocycles. The molecule has 0 amide bonds. The largest absolute Gasteiger partial charge is 2.00 e. The van der Waals surface area contributed by atoms with Gasteiger partial charge in [-0.15, -0.1) is 5.56 Å². The average molecular weight is 315 g/mol. The molecule has 0 aromatic heterocycles. The molecule has 0 atom stereocenters. The van der Waals surface area contributed by atoms with E-state index in [-0.39, 0.29) is 46.1 Å². The van der Waals surface area contributed by atoms with Crippen molar-refractivity contribution in [3.8, 4) is 16.9 Å². The van der Waals surface area contributed by atoms with E-state index in [0.29, 0.717) is 0 Å². The van der Waals surface area contributed by atoms with Crippen LogP contribution in [0.15, 0.2) is 48.5 Å². The first kappa shape index (κ1) is 17.5. The Hall–Kier alpha value is -0.514. The van der Waals surface area contributed by atoms with Gasteiger partial charge in [0.2, 0.25) is 0 Å². The molecule has 1 nitrogen and oxygen atoms in total. The minimum absolute atomic E-state index is 0. The van der Waals surface area contributed by atoms with Crippen LogP contribution >= 0.6 is 0 Å². The predicted octanol–water partition coefficient (Wildman–Crippen LogP) is 0.564. The van der Waals surface area contributed by atoms with Crippen molar-refractivity contribution in [2.75, 3.05) is 0 Å². The number of hydrogen-bond donors (Lipinski definition) is 0. The van der Waals surface area contributed by atoms with Crippen molar-refractivity contribution < 1.29 is 21.7 Å². The summed E-state index contributed by atoms with van der Waals surface area (Å²) in [5, 5.41) is 0. The standard InChI is InChI=1S/C15H15O.BrH.Mg/c1-12(2)16-15-10-6-9-14(11-15)13-7-4-3-5-8-13;;/h4-12H,1-2H3;1H;/q-1;;+2/p-1. The molecule has 0 bridgehead atoms. The summed E-state index contributed by atoms with van der Waals surface area (Å²) >= 11 is 0. The summed E-state index contributed by atoms with van der Waals surface area (Å²) in [7, 11) is 0. The zero-order valence-electron chi connectivity index (χ0n) is 10.7. The third kappa shape index (κ3) is 5.00. The Balaban J connectivity index is 0.00000144. The topological polar surface area (TPSA) is 9.23 Å². The minimum atomic E-state index is 0. The molecule has 3 heteroatoms. The molecule has 90 valence electrons. The summed E-state index contributed by atoms with van der Waals surface area (Å²) in [5.74, 6) is 0.917. The Kier molecular flexibility index (Phi) is 8.32. The maximum atomic E-state index is 5.67. The maximum Gasteiger partial charge on any atom is 2.00 e. The van der Waals surface area contributed by atoms with Crippen LogP contribution in [0.5, 0.6) is 5.75 Å². The Morgan fingerprint density at radius 2 is 1.67 bits per heavy atom. The molecule has 0 fully saturated rings. The third-order valence-corrected chi connectivity index (χ3v) is 2.26. The molecule has 0 saturated heterocycles. The molecule has 0 radical (unpaired) electrons. The van der Waals surface area contributed by atoms with Gasteiger partial charge in [0, 0.05) is 0 Å². The van der Waals surface area contributed by atoms with Gasteiger partial charge in [0.05, 0.1) is 6.10 Å². The average Bonchev–Trinajstić information content (AvgIpc) is 2.30. The van der Waals surface area contributed by atoms with Crippen molar-refractivity contribution in [1.82, 2.24) is 0 Å². The van der Waals surface area contributed by atoms with Crippen LogP contribution in [0.4, 0.5) is 0 Å². The second kappa shape index (κ2) is 8.56. The summed E-state index contributed by atoms with van der Waals surface area (Å²) in [5.41, 5.74) is 2.36. The summed E-state index contributed by atoms with van der Waals surface area (Å²) < 4.78 is 5.67. The van der Waals surface area contributed by atoms with Gasteiger partial charge in [0.1, 0.15) is 5.75 Å². The van der Waals surface area contributed by atoms with Gasteiger partial charge in [-0.05, 0) is 31.5 Å². The van der Waals surface area contributed by atoms with Crippen LogP contribution in [0.1, 0.15) is 13.8 Å². The van der Waals surface area contributed by atoms with Crippen LogP contribution in [0.3, 0.4) is 0 Å². The van der Waals surface area contributed by atoms with Crippen LogP contribution in [0.2, 0.25) is 0 Å². The Labute approximate surface area is 135 Å². The maximum absolute atomic E-state index is 5.67. The first-order valence-corrected chi connectivity index (χ1v) is 5.49. The number of benzene rings is 2. The van der Waals surface area contributed by atoms with Gasteiger partial charge in [0.15, 0.2) is 0 Å². The van der Waals surface area contributed by atoms with Gasteiger partial charge < -0.3 is 21.7 Å². The molecule has 0 unspecified atom stereocenters. The van der Waals surface area contributed by atoms with E-state index in [9.17, 15) is 0 Å². The van der Waals surface area contributed by atoms with Crippen LogP contribution < -0.4 is 21.7 Å². The number of halogens is 1. The second-order valence-corrected chi connectivity index (χ2v) is 3.98. The van der Waals surface area contributed by atoms with Gasteiger partial charge in [-0.3, -0.25) is 0 Å². The van der Waals surface area contributed by atoms with Gasteiger partial charge >= 0.3 is 23.1 Å². The van der Waals surface area contributed by atoms with Crippen molar-refractivity contribution in [3.05, 3.63) is 54.6 Å². The predicted molar refractivity (Wildman–Crippen MR) is 72.2 cm³/mol. The summed E-state index contributed by atoms with van der Waals surface area (Å²) in [6.45, 7) is 4.06. The molecule has 0 aliphatic carbocycles. The van der Waals surface area contributed by atoms with Gasteiger partial charge in [-0.25, -0.2) is 0 Å². The molecule has 2 aromatic carbocycles. The normalized spacial score (nSPS) is 9.28. The van der Waals surface area contributed by atoms with Crippen LogP contribution in [-0.4, -0.2) is 29.2 Å². The Bertz CT molecular complexity index is 457. The molecular formula is C15H15BrMgO. The number of rotatable bonds is 3. The van der Waals surface area contributed by atoms with E-state index in [1.807, 2.05) is 38.1 Å². The Morgan fingerprint density at radius 1 is 1.00 bits per heavy atom. The summed E-state index contributed by atoms with van der Waals surface area (Å²) in [4.78, 5) is 0. The molecule has 0 spiro atoms. The molecular weight excluding hydrogens is 300 g/mol. The fourth-order valence-electron chi connectivity index (χ4n) is 1.60. The first-order valence-electron chi connectivity index (χ1n) is 5.49. The van der Waals surface area contributed by atoms with E-state index in [0.717, 1.165) is 5.75 Å². The molecule has 0 saturated carbocycles. The van der Waals surface area contributed by atoms with E-state index in [1.165, 1.54) is 11.1 Å². The third-order valence-electron chi connectivity index (χ3n) is 2.26. The van der Waals surface area contributed by atoms with E-state index in [1.54, 1.807) is 0 Å². The van der Waals surface area contributed by atoms with Crippen molar-refractivity contribution in [2.24, 2.45) is 0 Å². The zero-order valence-corrected chi connectivity index (χ0v) is 13.7. The van der Waals surface area contributed by atoms with Gasteiger partial charge in [-0.2, -0.15) is 30.3 Å². The van der Waals surface area contributed by atoms with Gasteiger partial charge in [-0.1, -0.05) is 12.1 Å². The van der Waals surface area contributed by atoms with Crippen molar-refractivity contribution in [3.63, 3.8) is 0 Å². The van der Waals surface area contributed by atoms with Crippen LogP contribution in [0.25, 0.3) is 11.1 Å². The zero-order chi connectivity index (χ0) is 11.4. The van der Waals surface area contributed by atoms with Crippen LogP contribution in [-0.2, 0) is 0 Å². The number of hydrogen-bond acceptors (Lipinski definition) is 1. The van der Waals surface area contributed by atoms with E-state index < -0.39 is 0 Å². The number of ether oxygens (including phenoxy) is 1. The SMILES string of the molecule is CC(C)Oc1cccc(-c2cc[c-]cc2)c1.[Br-].[Mg+2]. The Morgan fingerprint density at radius 3 is 2.28 bits per heavy atom. The molecule has 2 rings (SSSR count). The van der Waals surface area contributed by atoms with Crippen molar-refractivity contribution in [2.45, 2.75) is 20.0 Å². The molecule has 18 heavy (non-hydrogen) atoms. The van der Waals surface area contributed by atoms with E-state index >= 15 is 0 Å².